The molecule has 2 rings (SSSR count). The standard InChI is InChI=1S/C12H18B/c1-12(2,3)9-7-11(8-9)13-10-5-4-6-10/h4,9,11H,5,7-8H2,1-3H3. The molecule has 1 fully saturated rings. The van der Waals surface area contributed by atoms with Crippen molar-refractivity contribution in [2.24, 2.45) is 11.3 Å². The molecule has 1 saturated carbocycles. The van der Waals surface area contributed by atoms with Gasteiger partial charge in [-0.1, -0.05) is 44.9 Å². The van der Waals surface area contributed by atoms with E-state index in [1.807, 2.05) is 0 Å². The molecule has 0 saturated heterocycles. The van der Waals surface area contributed by atoms with Crippen LogP contribution in [-0.4, -0.2) is 7.28 Å². The van der Waals surface area contributed by atoms with Crippen molar-refractivity contribution in [2.75, 3.05) is 0 Å². The van der Waals surface area contributed by atoms with Gasteiger partial charge in [0.05, 0.1) is 0 Å². The second-order valence-electron chi connectivity index (χ2n) is 5.54. The molecule has 69 valence electrons. The first kappa shape index (κ1) is 9.15. The Balaban J connectivity index is 1.75. The van der Waals surface area contributed by atoms with Gasteiger partial charge in [0.1, 0.15) is 0 Å². The van der Waals surface area contributed by atoms with Gasteiger partial charge in [0, 0.05) is 0 Å². The average molecular weight is 173 g/mol. The molecule has 1 radical (unpaired) electrons. The summed E-state index contributed by atoms with van der Waals surface area (Å²) in [7, 11) is 2.43. The lowest BCUT2D eigenvalue weighted by Gasteiger charge is -2.44. The maximum Gasteiger partial charge on any atom is 0.160 e. The van der Waals surface area contributed by atoms with E-state index in [1.54, 1.807) is 0 Å². The van der Waals surface area contributed by atoms with E-state index >= 15 is 0 Å². The summed E-state index contributed by atoms with van der Waals surface area (Å²) in [5.74, 6) is 1.80. The van der Waals surface area contributed by atoms with E-state index in [0.717, 1.165) is 18.2 Å². The maximum atomic E-state index is 3.23. The van der Waals surface area contributed by atoms with Crippen molar-refractivity contribution in [1.29, 1.82) is 0 Å². The molecule has 0 aromatic rings. The van der Waals surface area contributed by atoms with Gasteiger partial charge in [0.2, 0.25) is 0 Å². The molecule has 0 spiro atoms. The van der Waals surface area contributed by atoms with E-state index in [1.165, 1.54) is 18.3 Å². The lowest BCUT2D eigenvalue weighted by atomic mass is 9.44. The Bertz CT molecular complexity index is 257. The molecule has 0 amide bonds. The third-order valence-electron chi connectivity index (χ3n) is 3.45. The molecule has 0 aromatic carbocycles. The highest BCUT2D eigenvalue weighted by molar-refractivity contribution is 6.47. The molecule has 0 aromatic heterocycles. The lowest BCUT2D eigenvalue weighted by Crippen LogP contribution is -2.33. The van der Waals surface area contributed by atoms with Gasteiger partial charge in [-0.3, -0.25) is 0 Å². The van der Waals surface area contributed by atoms with Crippen molar-refractivity contribution in [3.05, 3.63) is 17.3 Å². The van der Waals surface area contributed by atoms with Crippen molar-refractivity contribution < 1.29 is 0 Å². The highest BCUT2D eigenvalue weighted by Gasteiger charge is 2.37. The Kier molecular flexibility index (Phi) is 2.16. The molecule has 0 unspecified atom stereocenters. The van der Waals surface area contributed by atoms with Crippen molar-refractivity contribution in [2.45, 2.75) is 45.9 Å². The Labute approximate surface area is 82.4 Å². The van der Waals surface area contributed by atoms with Crippen LogP contribution >= 0.6 is 0 Å². The van der Waals surface area contributed by atoms with E-state index in [0.29, 0.717) is 5.41 Å². The normalized spacial score (nSPS) is 31.8. The molecule has 0 aliphatic heterocycles. The summed E-state index contributed by atoms with van der Waals surface area (Å²) in [6, 6.07) is 0. The summed E-state index contributed by atoms with van der Waals surface area (Å²) in [5, 5.41) is 0. The Morgan fingerprint density at radius 3 is 2.38 bits per heavy atom. The number of allylic oxidation sites excluding steroid dienone is 1. The van der Waals surface area contributed by atoms with Gasteiger partial charge in [-0.2, -0.15) is 0 Å². The summed E-state index contributed by atoms with van der Waals surface area (Å²) < 4.78 is 0. The molecule has 13 heavy (non-hydrogen) atoms. The smallest absolute Gasteiger partial charge is 0.136 e. The molecule has 0 nitrogen and oxygen atoms in total. The number of hydrogen-bond donors (Lipinski definition) is 0. The van der Waals surface area contributed by atoms with Gasteiger partial charge in [0.25, 0.3) is 0 Å². The van der Waals surface area contributed by atoms with Crippen LogP contribution in [0.4, 0.5) is 0 Å². The van der Waals surface area contributed by atoms with Crippen LogP contribution < -0.4 is 0 Å². The van der Waals surface area contributed by atoms with E-state index in [-0.39, 0.29) is 0 Å². The second-order valence-corrected chi connectivity index (χ2v) is 5.54. The molecular weight excluding hydrogens is 155 g/mol. The van der Waals surface area contributed by atoms with Crippen LogP contribution in [0.1, 0.15) is 40.0 Å². The fourth-order valence-corrected chi connectivity index (χ4v) is 2.13. The van der Waals surface area contributed by atoms with Crippen LogP contribution in [0.25, 0.3) is 0 Å². The minimum absolute atomic E-state index is 0.522. The average Bonchev–Trinajstić information content (AvgIpc) is 1.76. The van der Waals surface area contributed by atoms with Crippen molar-refractivity contribution >= 4 is 7.28 Å². The van der Waals surface area contributed by atoms with Gasteiger partial charge in [-0.05, 0) is 23.8 Å². The topological polar surface area (TPSA) is 0 Å². The van der Waals surface area contributed by atoms with Gasteiger partial charge in [0.15, 0.2) is 7.28 Å². The Morgan fingerprint density at radius 1 is 1.38 bits per heavy atom. The lowest BCUT2D eigenvalue weighted by molar-refractivity contribution is 0.141. The monoisotopic (exact) mass is 173 g/mol. The second kappa shape index (κ2) is 3.06. The minimum Gasteiger partial charge on any atom is -0.136 e. The van der Waals surface area contributed by atoms with Crippen LogP contribution in [0.15, 0.2) is 17.3 Å². The van der Waals surface area contributed by atoms with Crippen LogP contribution in [0.2, 0.25) is 5.82 Å². The zero-order valence-electron chi connectivity index (χ0n) is 8.93. The molecule has 0 atom stereocenters. The molecule has 2 aliphatic rings. The maximum absolute atomic E-state index is 3.23. The Morgan fingerprint density at radius 2 is 2.00 bits per heavy atom. The van der Waals surface area contributed by atoms with E-state index < -0.39 is 0 Å². The molecule has 2 aliphatic carbocycles. The van der Waals surface area contributed by atoms with E-state index in [9.17, 15) is 0 Å². The van der Waals surface area contributed by atoms with E-state index in [2.05, 4.69) is 39.9 Å². The fourth-order valence-electron chi connectivity index (χ4n) is 2.13. The quantitative estimate of drug-likeness (QED) is 0.443. The minimum atomic E-state index is 0.522. The third-order valence-corrected chi connectivity index (χ3v) is 3.45. The van der Waals surface area contributed by atoms with Crippen molar-refractivity contribution in [1.82, 2.24) is 0 Å². The SMILES string of the molecule is CC(C)(C)C1CC([B]C2=C=CC2)C1. The van der Waals surface area contributed by atoms with Gasteiger partial charge in [-0.25, -0.2) is 0 Å². The van der Waals surface area contributed by atoms with E-state index in [4.69, 9.17) is 0 Å². The zero-order valence-corrected chi connectivity index (χ0v) is 8.93. The number of rotatable bonds is 2. The zero-order chi connectivity index (χ0) is 9.47. The molecule has 0 heterocycles. The van der Waals surface area contributed by atoms with Crippen LogP contribution in [-0.2, 0) is 0 Å². The third kappa shape index (κ3) is 1.91. The summed E-state index contributed by atoms with van der Waals surface area (Å²) in [6.45, 7) is 7.07. The van der Waals surface area contributed by atoms with Crippen LogP contribution in [0.3, 0.4) is 0 Å². The first-order chi connectivity index (χ1) is 6.05. The first-order valence-electron chi connectivity index (χ1n) is 5.34. The van der Waals surface area contributed by atoms with Gasteiger partial charge < -0.3 is 0 Å². The Hall–Kier alpha value is -0.415. The molecule has 1 heteroatoms. The summed E-state index contributed by atoms with van der Waals surface area (Å²) in [4.78, 5) is 0. The van der Waals surface area contributed by atoms with Crippen molar-refractivity contribution in [3.8, 4) is 0 Å². The predicted molar refractivity (Wildman–Crippen MR) is 57.9 cm³/mol. The number of hydrogen-bond acceptors (Lipinski definition) is 0. The predicted octanol–water partition coefficient (Wildman–Crippen LogP) is 3.38. The molecular formula is C12H18B. The first-order valence-corrected chi connectivity index (χ1v) is 5.34. The van der Waals surface area contributed by atoms with Gasteiger partial charge in [-0.15, -0.1) is 5.73 Å². The van der Waals surface area contributed by atoms with Crippen molar-refractivity contribution in [3.63, 3.8) is 0 Å². The van der Waals surface area contributed by atoms with Crippen LogP contribution in [0.5, 0.6) is 0 Å². The summed E-state index contributed by atoms with van der Waals surface area (Å²) >= 11 is 0. The molecule has 0 bridgehead atoms. The largest absolute Gasteiger partial charge is 0.160 e. The van der Waals surface area contributed by atoms with Gasteiger partial charge >= 0.3 is 0 Å². The highest BCUT2D eigenvalue weighted by atomic mass is 14.4. The molecule has 0 N–H and O–H groups in total. The highest BCUT2D eigenvalue weighted by Crippen LogP contribution is 2.48. The summed E-state index contributed by atoms with van der Waals surface area (Å²) in [6.07, 6.45) is 6.08. The summed E-state index contributed by atoms with van der Waals surface area (Å²) in [5.41, 5.74) is 5.20. The van der Waals surface area contributed by atoms with Crippen LogP contribution in [0, 0.1) is 11.3 Å². The fraction of sp³-hybridized carbons (Fsp3) is 0.750.